The molecule has 0 amide bonds. The van der Waals surface area contributed by atoms with Crippen LogP contribution in [0.3, 0.4) is 0 Å². The quantitative estimate of drug-likeness (QED) is 0.271. The Hall–Kier alpha value is -1.37. The van der Waals surface area contributed by atoms with Gasteiger partial charge in [0.25, 0.3) is 5.56 Å². The van der Waals surface area contributed by atoms with Gasteiger partial charge in [-0.15, -0.1) is 0 Å². The first-order chi connectivity index (χ1) is 10.1. The van der Waals surface area contributed by atoms with Gasteiger partial charge in [0.15, 0.2) is 6.29 Å². The van der Waals surface area contributed by atoms with E-state index in [0.29, 0.717) is 0 Å². The molecular weight excluding hydrogens is 327 g/mol. The lowest BCUT2D eigenvalue weighted by Gasteiger charge is -2.14. The maximum atomic E-state index is 10.3. The number of hydrogen-bond acceptors (Lipinski definition) is 8. The van der Waals surface area contributed by atoms with Crippen LogP contribution in [0.1, 0.15) is 0 Å². The molecule has 1 fully saturated rings. The van der Waals surface area contributed by atoms with Crippen LogP contribution in [0.5, 0.6) is 0 Å². The highest BCUT2D eigenvalue weighted by Crippen LogP contribution is 2.36. The maximum absolute atomic E-state index is 10.3. The first-order valence-corrected chi connectivity index (χ1v) is 7.31. The van der Waals surface area contributed by atoms with Crippen LogP contribution in [0.25, 0.3) is 0 Å². The van der Waals surface area contributed by atoms with E-state index in [1.807, 2.05) is 4.98 Å². The molecule has 0 bridgehead atoms. The predicted octanol–water partition coefficient (Wildman–Crippen LogP) is -3.40. The largest absolute Gasteiger partial charge is 0.469 e. The van der Waals surface area contributed by atoms with Crippen molar-refractivity contribution in [2.45, 2.75) is 24.6 Å². The highest BCUT2D eigenvalue weighted by molar-refractivity contribution is 7.46. The number of hydrogen-bond donors (Lipinski definition) is 7. The monoisotopic (exact) mass is 342 g/mol. The number of aliphatic hydroxyl groups is 3. The highest BCUT2D eigenvalue weighted by atomic mass is 31.2. The summed E-state index contributed by atoms with van der Waals surface area (Å²) in [4.78, 5) is 41.3. The average molecular weight is 342 g/mol. The van der Waals surface area contributed by atoms with E-state index >= 15 is 0 Å². The lowest BCUT2D eigenvalue weighted by Crippen LogP contribution is -2.34. The average Bonchev–Trinajstić information content (AvgIpc) is 2.63. The summed E-state index contributed by atoms with van der Waals surface area (Å²) in [6, 6.07) is 1.24. The molecule has 0 radical (unpaired) electrons. The van der Waals surface area contributed by atoms with Crippen molar-refractivity contribution in [3.05, 3.63) is 33.1 Å². The van der Waals surface area contributed by atoms with Gasteiger partial charge in [0.2, 0.25) is 0 Å². The van der Waals surface area contributed by atoms with Crippen molar-refractivity contribution in [2.24, 2.45) is 0 Å². The van der Waals surface area contributed by atoms with Gasteiger partial charge in [0.1, 0.15) is 18.3 Å². The Morgan fingerprint density at radius 2 is 1.86 bits per heavy atom. The molecule has 2 rings (SSSR count). The first-order valence-electron chi connectivity index (χ1n) is 5.78. The van der Waals surface area contributed by atoms with Gasteiger partial charge in [0.05, 0.1) is 6.61 Å². The SMILES string of the molecule is O=P(O)(O)OC[C@H]1OC(O)[C@@H](O)[C@@H]1O.O=c1cc[nH]c(=O)[nH]1. The fourth-order valence-electron chi connectivity index (χ4n) is 1.42. The second-order valence-electron chi connectivity index (χ2n) is 4.13. The fourth-order valence-corrected chi connectivity index (χ4v) is 1.76. The second-order valence-corrected chi connectivity index (χ2v) is 5.37. The number of rotatable bonds is 3. The smallest absolute Gasteiger partial charge is 0.387 e. The summed E-state index contributed by atoms with van der Waals surface area (Å²) in [6.45, 7) is -0.612. The van der Waals surface area contributed by atoms with Gasteiger partial charge in [-0.1, -0.05) is 0 Å². The van der Waals surface area contributed by atoms with Crippen molar-refractivity contribution in [3.63, 3.8) is 0 Å². The molecular formula is C9H15N2O10P. The van der Waals surface area contributed by atoms with E-state index in [1.165, 1.54) is 12.3 Å². The van der Waals surface area contributed by atoms with Crippen LogP contribution in [-0.2, 0) is 13.8 Å². The molecule has 0 aliphatic carbocycles. The molecule has 12 nitrogen and oxygen atoms in total. The van der Waals surface area contributed by atoms with E-state index in [4.69, 9.17) is 25.1 Å². The zero-order valence-corrected chi connectivity index (χ0v) is 11.8. The summed E-state index contributed by atoms with van der Waals surface area (Å²) in [5.41, 5.74) is -0.855. The molecule has 7 N–H and O–H groups in total. The normalized spacial score (nSPS) is 28.0. The zero-order chi connectivity index (χ0) is 16.9. The number of aliphatic hydroxyl groups excluding tert-OH is 3. The molecule has 22 heavy (non-hydrogen) atoms. The third kappa shape index (κ3) is 6.17. The van der Waals surface area contributed by atoms with E-state index in [2.05, 4.69) is 14.2 Å². The summed E-state index contributed by atoms with van der Waals surface area (Å²) in [5, 5.41) is 27.0. The molecule has 1 aromatic rings. The summed E-state index contributed by atoms with van der Waals surface area (Å²) in [5.74, 6) is 0. The van der Waals surface area contributed by atoms with Gasteiger partial charge in [-0.3, -0.25) is 14.3 Å². The molecule has 4 atom stereocenters. The van der Waals surface area contributed by atoms with Crippen LogP contribution in [0.2, 0.25) is 0 Å². The van der Waals surface area contributed by atoms with E-state index < -0.39 is 44.7 Å². The van der Waals surface area contributed by atoms with Crippen molar-refractivity contribution >= 4 is 7.82 Å². The van der Waals surface area contributed by atoms with Gasteiger partial charge in [-0.2, -0.15) is 0 Å². The lowest BCUT2D eigenvalue weighted by molar-refractivity contribution is -0.132. The number of phosphoric acid groups is 1. The minimum absolute atomic E-state index is 0.381. The Morgan fingerprint density at radius 1 is 1.23 bits per heavy atom. The minimum atomic E-state index is -4.64. The van der Waals surface area contributed by atoms with Gasteiger partial charge in [-0.05, 0) is 0 Å². The van der Waals surface area contributed by atoms with Crippen LogP contribution < -0.4 is 11.2 Å². The molecule has 1 aliphatic rings. The highest BCUT2D eigenvalue weighted by Gasteiger charge is 2.42. The van der Waals surface area contributed by atoms with E-state index in [0.717, 1.165) is 0 Å². The molecule has 2 heterocycles. The number of aromatic amines is 2. The number of H-pyrrole nitrogens is 2. The molecule has 1 aliphatic heterocycles. The van der Waals surface area contributed by atoms with Gasteiger partial charge < -0.3 is 34.8 Å². The van der Waals surface area contributed by atoms with Crippen molar-refractivity contribution in [1.29, 1.82) is 0 Å². The topological polar surface area (TPSA) is 202 Å². The summed E-state index contributed by atoms with van der Waals surface area (Å²) >= 11 is 0. The van der Waals surface area contributed by atoms with Crippen LogP contribution in [0.4, 0.5) is 0 Å². The standard InChI is InChI=1S/C5H11O8P.C4H4N2O2/c6-3-2(1-12-14(9,10)11)13-5(8)4(3)7;7-3-1-2-5-4(8)6-3/h2-8H,1H2,(H2,9,10,11);1-2H,(H2,5,6,7,8)/t2-,3-,4+,5?;/m1./s1. The second kappa shape index (κ2) is 7.76. The molecule has 0 saturated carbocycles. The Bertz CT molecular complexity index is 598. The van der Waals surface area contributed by atoms with Crippen LogP contribution >= 0.6 is 7.82 Å². The number of ether oxygens (including phenoxy) is 1. The van der Waals surface area contributed by atoms with Crippen LogP contribution in [-0.4, -0.2) is 66.3 Å². The molecule has 0 spiro atoms. The summed E-state index contributed by atoms with van der Waals surface area (Å²) in [6.07, 6.45) is -4.37. The summed E-state index contributed by atoms with van der Waals surface area (Å²) < 4.78 is 18.9. The number of phosphoric ester groups is 1. The van der Waals surface area contributed by atoms with Crippen LogP contribution in [0.15, 0.2) is 21.9 Å². The van der Waals surface area contributed by atoms with Gasteiger partial charge >= 0.3 is 13.5 Å². The van der Waals surface area contributed by atoms with Crippen LogP contribution in [0, 0.1) is 0 Å². The van der Waals surface area contributed by atoms with E-state index in [1.54, 1.807) is 0 Å². The summed E-state index contributed by atoms with van der Waals surface area (Å²) in [7, 11) is -4.64. The predicted molar refractivity (Wildman–Crippen MR) is 68.6 cm³/mol. The van der Waals surface area contributed by atoms with Crippen molar-refractivity contribution in [3.8, 4) is 0 Å². The Morgan fingerprint density at radius 3 is 2.23 bits per heavy atom. The van der Waals surface area contributed by atoms with Crippen molar-refractivity contribution < 1.29 is 38.9 Å². The molecule has 126 valence electrons. The molecule has 1 aromatic heterocycles. The third-order valence-electron chi connectivity index (χ3n) is 2.43. The molecule has 0 aromatic carbocycles. The van der Waals surface area contributed by atoms with E-state index in [-0.39, 0.29) is 5.56 Å². The Labute approximate surface area is 122 Å². The van der Waals surface area contributed by atoms with E-state index in [9.17, 15) is 14.2 Å². The fraction of sp³-hybridized carbons (Fsp3) is 0.556. The van der Waals surface area contributed by atoms with Gasteiger partial charge in [0, 0.05) is 12.3 Å². The van der Waals surface area contributed by atoms with Crippen molar-refractivity contribution in [1.82, 2.24) is 9.97 Å². The maximum Gasteiger partial charge on any atom is 0.469 e. The Balaban J connectivity index is 0.000000255. The number of aromatic nitrogens is 2. The first kappa shape index (κ1) is 18.7. The van der Waals surface area contributed by atoms with Crippen molar-refractivity contribution in [2.75, 3.05) is 6.61 Å². The third-order valence-corrected chi connectivity index (χ3v) is 2.92. The van der Waals surface area contributed by atoms with Gasteiger partial charge in [-0.25, -0.2) is 9.36 Å². The molecule has 13 heteroatoms. The lowest BCUT2D eigenvalue weighted by atomic mass is 10.1. The Kier molecular flexibility index (Phi) is 6.59. The minimum Gasteiger partial charge on any atom is -0.387 e. The zero-order valence-electron chi connectivity index (χ0n) is 10.9. The molecule has 1 saturated heterocycles. The number of nitrogens with one attached hydrogen (secondary N) is 2. The molecule has 1 unspecified atom stereocenters.